The van der Waals surface area contributed by atoms with Crippen molar-refractivity contribution in [1.29, 1.82) is 0 Å². The summed E-state index contributed by atoms with van der Waals surface area (Å²) in [6, 6.07) is 2.20. The van der Waals surface area contributed by atoms with Crippen molar-refractivity contribution in [3.05, 3.63) is 0 Å². The number of hydrogen-bond acceptors (Lipinski definition) is 1. The maximum Gasteiger partial charge on any atom is 0.0171 e. The normalized spacial score (nSPS) is 72.0. The number of halogens is 1. The van der Waals surface area contributed by atoms with Crippen LogP contribution in [0, 0.1) is 17.8 Å². The Labute approximate surface area is 67.2 Å². The molecule has 5 rings (SSSR count). The second-order valence-electron chi connectivity index (χ2n) is 4.31. The number of rotatable bonds is 0. The molecule has 2 saturated carbocycles. The molecule has 0 aromatic heterocycles. The van der Waals surface area contributed by atoms with Crippen molar-refractivity contribution in [2.24, 2.45) is 17.8 Å². The van der Waals surface area contributed by atoms with Crippen LogP contribution < -0.4 is 0 Å². The van der Waals surface area contributed by atoms with E-state index in [1.54, 1.807) is 12.8 Å². The summed E-state index contributed by atoms with van der Waals surface area (Å²) >= 11 is 0. The molecule has 2 heteroatoms. The van der Waals surface area contributed by atoms with E-state index in [1.165, 1.54) is 24.3 Å². The van der Waals surface area contributed by atoms with E-state index >= 15 is 0 Å². The summed E-state index contributed by atoms with van der Waals surface area (Å²) in [5.41, 5.74) is 0. The molecule has 6 atom stereocenters. The average molecular weight is 158 g/mol. The molecule has 0 radical (unpaired) electrons. The van der Waals surface area contributed by atoms with Crippen LogP contribution in [0.3, 0.4) is 0 Å². The van der Waals surface area contributed by atoms with Crippen molar-refractivity contribution in [2.45, 2.75) is 24.9 Å². The molecule has 0 spiro atoms. The molecule has 0 amide bonds. The average Bonchev–Trinajstić information content (AvgIpc) is 2.24. The topological polar surface area (TPSA) is 3.24 Å². The predicted molar refractivity (Wildman–Crippen MR) is 41.2 cm³/mol. The van der Waals surface area contributed by atoms with Gasteiger partial charge in [0.15, 0.2) is 0 Å². The summed E-state index contributed by atoms with van der Waals surface area (Å²) in [6.07, 6.45) is 3.18. The lowest BCUT2D eigenvalue weighted by molar-refractivity contribution is 0.108. The summed E-state index contributed by atoms with van der Waals surface area (Å²) < 4.78 is 0. The van der Waals surface area contributed by atoms with Crippen LogP contribution >= 0.6 is 12.4 Å². The highest BCUT2D eigenvalue weighted by molar-refractivity contribution is 5.85. The minimum Gasteiger partial charge on any atom is -0.296 e. The fourth-order valence-electron chi connectivity index (χ4n) is 4.15. The van der Waals surface area contributed by atoms with E-state index in [9.17, 15) is 0 Å². The summed E-state index contributed by atoms with van der Waals surface area (Å²) in [4.78, 5) is 2.77. The van der Waals surface area contributed by atoms with Gasteiger partial charge in [-0.05, 0) is 30.6 Å². The highest BCUT2D eigenvalue weighted by atomic mass is 35.5. The Bertz CT molecular complexity index is 169. The Morgan fingerprint density at radius 2 is 2.00 bits per heavy atom. The van der Waals surface area contributed by atoms with Crippen molar-refractivity contribution < 1.29 is 0 Å². The van der Waals surface area contributed by atoms with Crippen LogP contribution in [0.25, 0.3) is 0 Å². The van der Waals surface area contributed by atoms with Gasteiger partial charge in [-0.2, -0.15) is 0 Å². The first-order chi connectivity index (χ1) is 4.45. The molecule has 56 valence electrons. The van der Waals surface area contributed by atoms with Crippen LogP contribution in [0.5, 0.6) is 0 Å². The number of piperidine rings is 1. The number of hydrogen-bond donors (Lipinski definition) is 0. The van der Waals surface area contributed by atoms with Crippen molar-refractivity contribution in [1.82, 2.24) is 4.90 Å². The zero-order valence-electron chi connectivity index (χ0n) is 5.86. The maximum atomic E-state index is 2.77. The first-order valence-corrected chi connectivity index (χ1v) is 4.21. The molecule has 0 aromatic carbocycles. The summed E-state index contributed by atoms with van der Waals surface area (Å²) in [6.45, 7) is 1.48. The molecule has 1 nitrogen and oxygen atoms in total. The van der Waals surface area contributed by atoms with Crippen molar-refractivity contribution in [3.63, 3.8) is 0 Å². The molecule has 3 aliphatic heterocycles. The van der Waals surface area contributed by atoms with E-state index in [2.05, 4.69) is 4.90 Å². The van der Waals surface area contributed by atoms with E-state index < -0.39 is 0 Å². The maximum absolute atomic E-state index is 2.77. The van der Waals surface area contributed by atoms with E-state index in [1.807, 2.05) is 0 Å². The predicted octanol–water partition coefficient (Wildman–Crippen LogP) is 1.13. The van der Waals surface area contributed by atoms with Crippen LogP contribution in [0.1, 0.15) is 12.8 Å². The third-order valence-corrected chi connectivity index (χ3v) is 4.32. The number of nitrogens with zero attached hydrogens (tertiary/aromatic N) is 1. The zero-order valence-corrected chi connectivity index (χ0v) is 6.68. The molecule has 6 unspecified atom stereocenters. The van der Waals surface area contributed by atoms with Crippen molar-refractivity contribution in [3.8, 4) is 0 Å². The SMILES string of the molecule is C1C2CC3C1C1CN3C21.Cl. The molecule has 3 heterocycles. The first kappa shape index (κ1) is 5.84. The lowest BCUT2D eigenvalue weighted by Crippen LogP contribution is -2.46. The Morgan fingerprint density at radius 1 is 1.10 bits per heavy atom. The van der Waals surface area contributed by atoms with E-state index in [0.29, 0.717) is 0 Å². The van der Waals surface area contributed by atoms with Crippen molar-refractivity contribution >= 4 is 12.4 Å². The first-order valence-electron chi connectivity index (χ1n) is 4.21. The Morgan fingerprint density at radius 3 is 2.40 bits per heavy atom. The molecule has 3 saturated heterocycles. The molecule has 6 bridgehead atoms. The minimum absolute atomic E-state index is 0. The van der Waals surface area contributed by atoms with E-state index in [0.717, 1.165) is 12.1 Å². The second-order valence-corrected chi connectivity index (χ2v) is 4.31. The monoisotopic (exact) mass is 157 g/mol. The van der Waals surface area contributed by atoms with E-state index in [-0.39, 0.29) is 12.4 Å². The Hall–Kier alpha value is 0.250. The van der Waals surface area contributed by atoms with Crippen molar-refractivity contribution in [2.75, 3.05) is 6.54 Å². The molecule has 5 fully saturated rings. The van der Waals surface area contributed by atoms with Gasteiger partial charge in [0.1, 0.15) is 0 Å². The smallest absolute Gasteiger partial charge is 0.0171 e. The Kier molecular flexibility index (Phi) is 0.815. The molecular weight excluding hydrogens is 146 g/mol. The van der Waals surface area contributed by atoms with Gasteiger partial charge in [-0.15, -0.1) is 12.4 Å². The van der Waals surface area contributed by atoms with Crippen LogP contribution in [-0.4, -0.2) is 23.5 Å². The highest BCUT2D eigenvalue weighted by Crippen LogP contribution is 2.66. The van der Waals surface area contributed by atoms with Gasteiger partial charge >= 0.3 is 0 Å². The minimum atomic E-state index is 0. The van der Waals surface area contributed by atoms with Gasteiger partial charge in [0.25, 0.3) is 0 Å². The highest BCUT2D eigenvalue weighted by Gasteiger charge is 2.70. The van der Waals surface area contributed by atoms with Gasteiger partial charge in [0.05, 0.1) is 0 Å². The molecule has 0 N–H and O–H groups in total. The quantitative estimate of drug-likeness (QED) is 0.510. The van der Waals surface area contributed by atoms with E-state index in [4.69, 9.17) is 0 Å². The molecule has 0 aromatic rings. The second kappa shape index (κ2) is 1.39. The third-order valence-electron chi connectivity index (χ3n) is 4.32. The molecule has 5 aliphatic rings. The lowest BCUT2D eigenvalue weighted by atomic mass is 9.87. The van der Waals surface area contributed by atoms with Crippen LogP contribution in [0.2, 0.25) is 0 Å². The largest absolute Gasteiger partial charge is 0.296 e. The van der Waals surface area contributed by atoms with Gasteiger partial charge in [0, 0.05) is 18.6 Å². The fraction of sp³-hybridized carbons (Fsp3) is 1.00. The summed E-state index contributed by atoms with van der Waals surface area (Å²) in [5, 5.41) is 0. The third kappa shape index (κ3) is 0.330. The molecule has 10 heavy (non-hydrogen) atoms. The van der Waals surface area contributed by atoms with Crippen LogP contribution in [0.15, 0.2) is 0 Å². The zero-order chi connectivity index (χ0) is 5.59. The fourth-order valence-corrected chi connectivity index (χ4v) is 4.15. The van der Waals surface area contributed by atoms with Gasteiger partial charge in [0.2, 0.25) is 0 Å². The van der Waals surface area contributed by atoms with Gasteiger partial charge in [-0.3, -0.25) is 4.90 Å². The summed E-state index contributed by atoms with van der Waals surface area (Å²) in [7, 11) is 0. The van der Waals surface area contributed by atoms with Crippen LogP contribution in [0.4, 0.5) is 0 Å². The molecular formula is C8H12ClN. The van der Waals surface area contributed by atoms with Crippen LogP contribution in [-0.2, 0) is 0 Å². The summed E-state index contributed by atoms with van der Waals surface area (Å²) in [5.74, 6) is 3.53. The Balaban J connectivity index is 0.000000360. The van der Waals surface area contributed by atoms with Gasteiger partial charge in [-0.1, -0.05) is 0 Å². The van der Waals surface area contributed by atoms with Gasteiger partial charge in [-0.25, -0.2) is 0 Å². The van der Waals surface area contributed by atoms with Gasteiger partial charge < -0.3 is 0 Å². The lowest BCUT2D eigenvalue weighted by Gasteiger charge is -2.36. The molecule has 2 aliphatic carbocycles. The standard InChI is InChI=1S/C8H11N.ClH/c1-4-2-7-5(1)6-3-9(7)8(4)6;/h4-8H,1-3H2;1H.